The highest BCUT2D eigenvalue weighted by atomic mass is 19.1. The average molecular weight is 596 g/mol. The zero-order valence-corrected chi connectivity index (χ0v) is 23.9. The molecule has 1 fully saturated rings. The molecule has 1 saturated heterocycles. The Hall–Kier alpha value is -5.52. The molecule has 224 valence electrons. The Morgan fingerprint density at radius 2 is 1.86 bits per heavy atom. The Morgan fingerprint density at radius 1 is 1.07 bits per heavy atom. The van der Waals surface area contributed by atoms with Crippen molar-refractivity contribution in [3.05, 3.63) is 107 Å². The first-order chi connectivity index (χ1) is 21.4. The van der Waals surface area contributed by atoms with Crippen LogP contribution in [0.1, 0.15) is 39.6 Å². The van der Waals surface area contributed by atoms with Gasteiger partial charge < -0.3 is 25.4 Å². The van der Waals surface area contributed by atoms with Crippen molar-refractivity contribution in [1.29, 1.82) is 0 Å². The van der Waals surface area contributed by atoms with E-state index in [0.717, 1.165) is 22.8 Å². The number of benzene rings is 3. The fourth-order valence-corrected chi connectivity index (χ4v) is 5.31. The van der Waals surface area contributed by atoms with E-state index in [9.17, 15) is 14.0 Å². The van der Waals surface area contributed by atoms with Crippen molar-refractivity contribution in [2.75, 3.05) is 25.9 Å². The number of fused-ring (bicyclic) bond motifs is 1. The molecule has 1 atom stereocenters. The lowest BCUT2D eigenvalue weighted by atomic mass is 10.1. The van der Waals surface area contributed by atoms with E-state index in [2.05, 4.69) is 15.4 Å². The van der Waals surface area contributed by atoms with Crippen LogP contribution < -0.4 is 15.8 Å². The van der Waals surface area contributed by atoms with E-state index < -0.39 is 11.7 Å². The zero-order chi connectivity index (χ0) is 30.6. The molecule has 1 aliphatic heterocycles. The fraction of sp³-hybridized carbons (Fsp3) is 0.219. The molecule has 0 aliphatic carbocycles. The quantitative estimate of drug-likeness (QED) is 0.266. The van der Waals surface area contributed by atoms with Gasteiger partial charge in [-0.25, -0.2) is 23.7 Å². The number of likely N-dealkylation sites (tertiary alicyclic amines) is 1. The average Bonchev–Trinajstić information content (AvgIpc) is 3.70. The van der Waals surface area contributed by atoms with Crippen LogP contribution in [0.15, 0.2) is 79.1 Å². The lowest BCUT2D eigenvalue weighted by Gasteiger charge is -2.16. The second-order valence-electron chi connectivity index (χ2n) is 10.4. The number of hydrogen-bond donors (Lipinski definition) is 2. The fourth-order valence-electron chi connectivity index (χ4n) is 5.31. The highest BCUT2D eigenvalue weighted by molar-refractivity contribution is 5.97. The molecule has 44 heavy (non-hydrogen) atoms. The third-order valence-corrected chi connectivity index (χ3v) is 7.59. The topological polar surface area (TPSA) is 137 Å². The van der Waals surface area contributed by atoms with Crippen molar-refractivity contribution in [1.82, 2.24) is 29.8 Å². The third kappa shape index (κ3) is 5.87. The first kappa shape index (κ1) is 28.6. The van der Waals surface area contributed by atoms with Crippen LogP contribution >= 0.6 is 0 Å². The lowest BCUT2D eigenvalue weighted by molar-refractivity contribution is 0.0946. The Morgan fingerprint density at radius 3 is 2.64 bits per heavy atom. The van der Waals surface area contributed by atoms with Gasteiger partial charge in [0.05, 0.1) is 12.7 Å². The van der Waals surface area contributed by atoms with Crippen LogP contribution in [0.5, 0.6) is 5.75 Å². The summed E-state index contributed by atoms with van der Waals surface area (Å²) in [5, 5.41) is 7.24. The highest BCUT2D eigenvalue weighted by Gasteiger charge is 2.32. The van der Waals surface area contributed by atoms with Gasteiger partial charge in [0.15, 0.2) is 5.82 Å². The number of nitrogens with two attached hydrogens (primary N) is 1. The van der Waals surface area contributed by atoms with Crippen molar-refractivity contribution in [3.8, 4) is 17.0 Å². The molecular weight excluding hydrogens is 565 g/mol. The molecule has 1 aliphatic rings. The first-order valence-corrected chi connectivity index (χ1v) is 14.1. The summed E-state index contributed by atoms with van der Waals surface area (Å²) >= 11 is 0. The number of nitrogens with one attached hydrogen (secondary N) is 1. The molecular formula is C32H30FN7O4. The number of hydrogen-bond acceptors (Lipinski definition) is 8. The molecule has 5 aromatic rings. The number of nitrogens with zero attached hydrogens (tertiary/aromatic N) is 5. The highest BCUT2D eigenvalue weighted by Crippen LogP contribution is 2.33. The van der Waals surface area contributed by atoms with Crippen molar-refractivity contribution < 1.29 is 23.5 Å². The van der Waals surface area contributed by atoms with Crippen LogP contribution in [-0.2, 0) is 17.9 Å². The molecule has 0 radical (unpaired) electrons. The van der Waals surface area contributed by atoms with Gasteiger partial charge in [0.1, 0.15) is 41.5 Å². The lowest BCUT2D eigenvalue weighted by Crippen LogP contribution is -2.29. The molecule has 3 aromatic carbocycles. The van der Waals surface area contributed by atoms with E-state index in [-0.39, 0.29) is 42.3 Å². The number of carbonyl (C=O) groups is 2. The minimum Gasteiger partial charge on any atom is -0.496 e. The van der Waals surface area contributed by atoms with Gasteiger partial charge >= 0.3 is 6.09 Å². The van der Waals surface area contributed by atoms with Crippen LogP contribution in [0.2, 0.25) is 0 Å². The molecule has 2 aromatic heterocycles. The van der Waals surface area contributed by atoms with Gasteiger partial charge in [-0.2, -0.15) is 5.10 Å². The van der Waals surface area contributed by atoms with E-state index in [1.807, 2.05) is 54.6 Å². The van der Waals surface area contributed by atoms with Gasteiger partial charge in [0, 0.05) is 31.1 Å². The summed E-state index contributed by atoms with van der Waals surface area (Å²) in [5.74, 6) is 0.201. The molecule has 0 unspecified atom stereocenters. The Balaban J connectivity index is 1.17. The van der Waals surface area contributed by atoms with E-state index in [0.29, 0.717) is 36.5 Å². The van der Waals surface area contributed by atoms with Crippen molar-refractivity contribution in [2.24, 2.45) is 0 Å². The number of carbonyl (C=O) groups excluding carboxylic acids is 2. The number of imidazole rings is 1. The number of halogens is 1. The van der Waals surface area contributed by atoms with Gasteiger partial charge in [-0.05, 0) is 35.7 Å². The minimum atomic E-state index is -0.525. The van der Waals surface area contributed by atoms with E-state index >= 15 is 0 Å². The summed E-state index contributed by atoms with van der Waals surface area (Å²) < 4.78 is 26.1. The molecule has 3 heterocycles. The SMILES string of the molecule is COc1ccc(F)cc1C(=O)NCc1ccc(-c2nc([C@@H]3CCN(C(=O)OCc4ccccc4)C3)n3ncnc(N)c23)cc1. The standard InChI is InChI=1S/C32H30FN7O4/c1-43-26-12-11-24(33)15-25(26)31(41)35-16-20-7-9-22(10-8-20)27-28-29(34)36-19-37-40(28)30(38-27)23-13-14-39(17-23)32(42)44-18-21-5-3-2-4-6-21/h2-12,15,19,23H,13-14,16-18H2,1H3,(H,35,41)(H2,34,36,37)/t23-/m1/s1. The summed E-state index contributed by atoms with van der Waals surface area (Å²) in [4.78, 5) is 36.3. The van der Waals surface area contributed by atoms with Gasteiger partial charge in [0.2, 0.25) is 0 Å². The van der Waals surface area contributed by atoms with Gasteiger partial charge in [-0.1, -0.05) is 54.6 Å². The van der Waals surface area contributed by atoms with E-state index in [1.165, 1.54) is 25.6 Å². The third-order valence-electron chi connectivity index (χ3n) is 7.59. The number of anilines is 1. The van der Waals surface area contributed by atoms with Crippen molar-refractivity contribution in [2.45, 2.75) is 25.5 Å². The molecule has 2 amide bonds. The molecule has 11 nitrogen and oxygen atoms in total. The van der Waals surface area contributed by atoms with Gasteiger partial charge in [0.25, 0.3) is 5.91 Å². The van der Waals surface area contributed by atoms with Crippen molar-refractivity contribution >= 4 is 23.3 Å². The predicted molar refractivity (Wildman–Crippen MR) is 160 cm³/mol. The molecule has 0 bridgehead atoms. The zero-order valence-electron chi connectivity index (χ0n) is 23.9. The maximum Gasteiger partial charge on any atom is 0.410 e. The second-order valence-corrected chi connectivity index (χ2v) is 10.4. The Bertz CT molecular complexity index is 1810. The number of ether oxygens (including phenoxy) is 2. The predicted octanol–water partition coefficient (Wildman–Crippen LogP) is 4.58. The number of nitrogen functional groups attached to an aromatic ring is 1. The number of amides is 2. The number of methoxy groups -OCH3 is 1. The first-order valence-electron chi connectivity index (χ1n) is 14.1. The number of aromatic nitrogens is 4. The molecule has 0 spiro atoms. The van der Waals surface area contributed by atoms with Crippen LogP contribution in [0, 0.1) is 5.82 Å². The maximum absolute atomic E-state index is 13.7. The monoisotopic (exact) mass is 595 g/mol. The minimum absolute atomic E-state index is 0.0795. The summed E-state index contributed by atoms with van der Waals surface area (Å²) in [7, 11) is 1.43. The van der Waals surface area contributed by atoms with Gasteiger partial charge in [-0.3, -0.25) is 4.79 Å². The largest absolute Gasteiger partial charge is 0.496 e. The van der Waals surface area contributed by atoms with Crippen LogP contribution in [0.25, 0.3) is 16.8 Å². The van der Waals surface area contributed by atoms with Gasteiger partial charge in [-0.15, -0.1) is 0 Å². The summed E-state index contributed by atoms with van der Waals surface area (Å²) in [6.07, 6.45) is 1.71. The molecule has 12 heteroatoms. The summed E-state index contributed by atoms with van der Waals surface area (Å²) in [6, 6.07) is 20.8. The van der Waals surface area contributed by atoms with Crippen molar-refractivity contribution in [3.63, 3.8) is 0 Å². The normalized spacial score (nSPS) is 14.5. The summed E-state index contributed by atoms with van der Waals surface area (Å²) in [6.45, 7) is 1.40. The Kier molecular flexibility index (Phi) is 8.04. The van der Waals surface area contributed by atoms with Crippen LogP contribution in [0.4, 0.5) is 15.0 Å². The maximum atomic E-state index is 13.7. The molecule has 6 rings (SSSR count). The van der Waals surface area contributed by atoms with Crippen LogP contribution in [-0.4, -0.2) is 56.7 Å². The molecule has 0 saturated carbocycles. The van der Waals surface area contributed by atoms with E-state index in [1.54, 1.807) is 9.42 Å². The van der Waals surface area contributed by atoms with E-state index in [4.69, 9.17) is 20.2 Å². The Labute approximate surface area is 252 Å². The second kappa shape index (κ2) is 12.4. The smallest absolute Gasteiger partial charge is 0.410 e. The number of rotatable bonds is 8. The summed E-state index contributed by atoms with van der Waals surface area (Å²) in [5.41, 5.74) is 10.1. The molecule has 3 N–H and O–H groups in total. The van der Waals surface area contributed by atoms with Crippen LogP contribution in [0.3, 0.4) is 0 Å².